The third kappa shape index (κ3) is 3.47. The number of rotatable bonds is 3. The van der Waals surface area contributed by atoms with Crippen molar-refractivity contribution in [2.75, 3.05) is 19.8 Å². The van der Waals surface area contributed by atoms with E-state index in [2.05, 4.69) is 34.9 Å². The molecule has 1 aromatic rings. The summed E-state index contributed by atoms with van der Waals surface area (Å²) in [4.78, 5) is 2.56. The minimum atomic E-state index is 0.127. The molecule has 1 aliphatic carbocycles. The van der Waals surface area contributed by atoms with Crippen molar-refractivity contribution in [3.8, 4) is 11.8 Å². The van der Waals surface area contributed by atoms with Gasteiger partial charge in [-0.15, -0.1) is 0 Å². The van der Waals surface area contributed by atoms with Gasteiger partial charge in [0.1, 0.15) is 0 Å². The van der Waals surface area contributed by atoms with Crippen LogP contribution in [-0.4, -0.2) is 41.9 Å². The van der Waals surface area contributed by atoms with Crippen molar-refractivity contribution < 1.29 is 9.84 Å². The average molecular weight is 285 g/mol. The molecule has 2 fully saturated rings. The Labute approximate surface area is 126 Å². The van der Waals surface area contributed by atoms with Crippen LogP contribution in [0.25, 0.3) is 0 Å². The molecule has 21 heavy (non-hydrogen) atoms. The average Bonchev–Trinajstić information content (AvgIpc) is 2.99. The zero-order chi connectivity index (χ0) is 14.5. The lowest BCUT2D eigenvalue weighted by atomic mass is 10.0. The van der Waals surface area contributed by atoms with Crippen LogP contribution in [0.2, 0.25) is 0 Å². The second-order valence-electron chi connectivity index (χ2n) is 5.81. The van der Waals surface area contributed by atoms with Crippen molar-refractivity contribution in [1.82, 2.24) is 4.90 Å². The van der Waals surface area contributed by atoms with E-state index in [1.807, 2.05) is 6.07 Å². The van der Waals surface area contributed by atoms with Crippen molar-refractivity contribution in [3.05, 3.63) is 35.4 Å². The van der Waals surface area contributed by atoms with E-state index in [0.717, 1.165) is 25.3 Å². The van der Waals surface area contributed by atoms with E-state index in [1.54, 1.807) is 0 Å². The first-order valence-corrected chi connectivity index (χ1v) is 7.92. The number of hydrogen-bond acceptors (Lipinski definition) is 3. The SMILES string of the molecule is OCCC#Cc1ccccc1CN1CCOC2CCCC21. The largest absolute Gasteiger partial charge is 0.395 e. The summed E-state index contributed by atoms with van der Waals surface area (Å²) in [5, 5.41) is 8.85. The molecule has 0 spiro atoms. The summed E-state index contributed by atoms with van der Waals surface area (Å²) >= 11 is 0. The number of ether oxygens (including phenoxy) is 1. The second kappa shape index (κ2) is 7.09. The fourth-order valence-electron chi connectivity index (χ4n) is 3.41. The van der Waals surface area contributed by atoms with E-state index in [4.69, 9.17) is 9.84 Å². The van der Waals surface area contributed by atoms with Gasteiger partial charge in [0, 0.05) is 31.1 Å². The first-order valence-electron chi connectivity index (χ1n) is 7.92. The van der Waals surface area contributed by atoms with Crippen LogP contribution in [0.5, 0.6) is 0 Å². The van der Waals surface area contributed by atoms with Gasteiger partial charge < -0.3 is 9.84 Å². The predicted molar refractivity (Wildman–Crippen MR) is 82.8 cm³/mol. The second-order valence-corrected chi connectivity index (χ2v) is 5.81. The Morgan fingerprint density at radius 2 is 2.19 bits per heavy atom. The number of aliphatic hydroxyl groups is 1. The first-order chi connectivity index (χ1) is 10.4. The summed E-state index contributed by atoms with van der Waals surface area (Å²) in [5.41, 5.74) is 2.38. The van der Waals surface area contributed by atoms with Gasteiger partial charge in [0.15, 0.2) is 0 Å². The van der Waals surface area contributed by atoms with Crippen molar-refractivity contribution in [3.63, 3.8) is 0 Å². The smallest absolute Gasteiger partial charge is 0.0731 e. The van der Waals surface area contributed by atoms with Crippen LogP contribution in [0.15, 0.2) is 24.3 Å². The summed E-state index contributed by atoms with van der Waals surface area (Å²) < 4.78 is 5.88. The maximum absolute atomic E-state index is 8.85. The van der Waals surface area contributed by atoms with E-state index < -0.39 is 0 Å². The van der Waals surface area contributed by atoms with E-state index in [0.29, 0.717) is 18.6 Å². The molecule has 1 saturated carbocycles. The molecule has 1 N–H and O–H groups in total. The number of aliphatic hydroxyl groups excluding tert-OH is 1. The molecule has 1 aliphatic heterocycles. The third-order valence-corrected chi connectivity index (χ3v) is 4.45. The summed E-state index contributed by atoms with van der Waals surface area (Å²) in [6.07, 6.45) is 4.72. The van der Waals surface area contributed by atoms with E-state index in [1.165, 1.54) is 24.8 Å². The molecule has 1 saturated heterocycles. The highest BCUT2D eigenvalue weighted by atomic mass is 16.5. The minimum Gasteiger partial charge on any atom is -0.395 e. The van der Waals surface area contributed by atoms with Crippen LogP contribution < -0.4 is 0 Å². The molecule has 3 rings (SSSR count). The normalized spacial score (nSPS) is 25.2. The van der Waals surface area contributed by atoms with Gasteiger partial charge in [0.05, 0.1) is 19.3 Å². The fraction of sp³-hybridized carbons (Fsp3) is 0.556. The summed E-state index contributed by atoms with van der Waals surface area (Å²) in [5.74, 6) is 6.23. The highest BCUT2D eigenvalue weighted by Crippen LogP contribution is 2.30. The number of hydrogen-bond donors (Lipinski definition) is 1. The van der Waals surface area contributed by atoms with Crippen molar-refractivity contribution in [1.29, 1.82) is 0 Å². The Morgan fingerprint density at radius 1 is 1.29 bits per heavy atom. The number of benzene rings is 1. The Bertz CT molecular complexity index is 532. The summed E-state index contributed by atoms with van der Waals surface area (Å²) in [7, 11) is 0. The molecule has 1 aromatic carbocycles. The van der Waals surface area contributed by atoms with Crippen LogP contribution in [0.3, 0.4) is 0 Å². The van der Waals surface area contributed by atoms with Gasteiger partial charge in [0.25, 0.3) is 0 Å². The topological polar surface area (TPSA) is 32.7 Å². The molecule has 0 bridgehead atoms. The molecule has 2 unspecified atom stereocenters. The van der Waals surface area contributed by atoms with Gasteiger partial charge in [-0.3, -0.25) is 4.90 Å². The van der Waals surface area contributed by atoms with Crippen LogP contribution in [-0.2, 0) is 11.3 Å². The minimum absolute atomic E-state index is 0.127. The molecule has 3 nitrogen and oxygen atoms in total. The van der Waals surface area contributed by atoms with Crippen LogP contribution in [0.4, 0.5) is 0 Å². The molecule has 112 valence electrons. The molecule has 2 aliphatic rings. The Balaban J connectivity index is 1.74. The number of fused-ring (bicyclic) bond motifs is 1. The van der Waals surface area contributed by atoms with Gasteiger partial charge in [-0.1, -0.05) is 30.0 Å². The predicted octanol–water partition coefficient (Wildman–Crippen LogP) is 2.17. The van der Waals surface area contributed by atoms with Gasteiger partial charge in [-0.2, -0.15) is 0 Å². The lowest BCUT2D eigenvalue weighted by Gasteiger charge is -2.37. The highest BCUT2D eigenvalue weighted by molar-refractivity contribution is 5.41. The maximum Gasteiger partial charge on any atom is 0.0731 e. The van der Waals surface area contributed by atoms with Gasteiger partial charge >= 0.3 is 0 Å². The molecule has 0 amide bonds. The first kappa shape index (κ1) is 14.6. The summed E-state index contributed by atoms with van der Waals surface area (Å²) in [6.45, 7) is 2.94. The van der Waals surface area contributed by atoms with Crippen molar-refractivity contribution in [2.45, 2.75) is 44.4 Å². The van der Waals surface area contributed by atoms with Crippen LogP contribution in [0.1, 0.15) is 36.8 Å². The number of morpholine rings is 1. The molecule has 0 radical (unpaired) electrons. The lowest BCUT2D eigenvalue weighted by Crippen LogP contribution is -2.47. The highest BCUT2D eigenvalue weighted by Gasteiger charge is 2.35. The van der Waals surface area contributed by atoms with Crippen LogP contribution >= 0.6 is 0 Å². The number of nitrogens with zero attached hydrogens (tertiary/aromatic N) is 1. The van der Waals surface area contributed by atoms with E-state index >= 15 is 0 Å². The molecule has 3 heteroatoms. The quantitative estimate of drug-likeness (QED) is 0.864. The summed E-state index contributed by atoms with van der Waals surface area (Å²) in [6, 6.07) is 8.94. The molecule has 2 atom stereocenters. The van der Waals surface area contributed by atoms with E-state index in [-0.39, 0.29) is 6.61 Å². The molecule has 1 heterocycles. The van der Waals surface area contributed by atoms with Crippen molar-refractivity contribution >= 4 is 0 Å². The van der Waals surface area contributed by atoms with E-state index in [9.17, 15) is 0 Å². The maximum atomic E-state index is 8.85. The lowest BCUT2D eigenvalue weighted by molar-refractivity contribution is -0.0588. The van der Waals surface area contributed by atoms with Gasteiger partial charge in [-0.05, 0) is 30.9 Å². The Morgan fingerprint density at radius 3 is 3.10 bits per heavy atom. The fourth-order valence-corrected chi connectivity index (χ4v) is 3.41. The van der Waals surface area contributed by atoms with Gasteiger partial charge in [-0.25, -0.2) is 0 Å². The zero-order valence-corrected chi connectivity index (χ0v) is 12.4. The third-order valence-electron chi connectivity index (χ3n) is 4.45. The van der Waals surface area contributed by atoms with Gasteiger partial charge in [0.2, 0.25) is 0 Å². The molecular formula is C18H23NO2. The standard InChI is InChI=1S/C18H23NO2/c20-12-4-3-7-15-6-1-2-8-16(15)14-19-11-13-21-18-10-5-9-17(18)19/h1-2,6,8,17-18,20H,4-5,9-14H2. The Kier molecular flexibility index (Phi) is 4.92. The monoisotopic (exact) mass is 285 g/mol. The molecule has 0 aromatic heterocycles. The van der Waals surface area contributed by atoms with Crippen molar-refractivity contribution in [2.24, 2.45) is 0 Å². The Hall–Kier alpha value is -1.34. The van der Waals surface area contributed by atoms with Crippen LogP contribution in [0, 0.1) is 11.8 Å². The zero-order valence-electron chi connectivity index (χ0n) is 12.4. The molecular weight excluding hydrogens is 262 g/mol.